The maximum Gasteiger partial charge on any atom is 0.338 e. The molecule has 1 aliphatic carbocycles. The number of rotatable bonds is 6. The van der Waals surface area contributed by atoms with Crippen LogP contribution in [0.4, 0.5) is 0 Å². The molecule has 126 valence electrons. The van der Waals surface area contributed by atoms with Crippen LogP contribution < -0.4 is 0 Å². The van der Waals surface area contributed by atoms with E-state index in [0.717, 1.165) is 19.3 Å². The Labute approximate surface area is 139 Å². The summed E-state index contributed by atoms with van der Waals surface area (Å²) in [5, 5.41) is 11.1. The lowest BCUT2D eigenvalue weighted by atomic mass is 9.84. The number of esters is 1. The monoisotopic (exact) mass is 316 g/mol. The molecular weight excluding hydrogens is 288 g/mol. The van der Waals surface area contributed by atoms with E-state index < -0.39 is 11.6 Å². The van der Waals surface area contributed by atoms with Crippen molar-refractivity contribution in [2.45, 2.75) is 51.0 Å². The Hall–Kier alpha value is -1.61. The Morgan fingerprint density at radius 2 is 2.09 bits per heavy atom. The van der Waals surface area contributed by atoms with Crippen molar-refractivity contribution in [1.29, 1.82) is 0 Å². The van der Waals surface area contributed by atoms with E-state index in [0.29, 0.717) is 6.42 Å². The topological polar surface area (TPSA) is 46.5 Å². The lowest BCUT2D eigenvalue weighted by Gasteiger charge is -2.26. The summed E-state index contributed by atoms with van der Waals surface area (Å²) in [7, 11) is 1.35. The number of unbranched alkanes of at least 4 members (excludes halogenated alkanes) is 2. The van der Waals surface area contributed by atoms with Gasteiger partial charge in [0.05, 0.1) is 7.11 Å². The highest BCUT2D eigenvalue weighted by molar-refractivity contribution is 5.81. The van der Waals surface area contributed by atoms with Crippen LogP contribution in [-0.2, 0) is 9.53 Å². The van der Waals surface area contributed by atoms with Crippen molar-refractivity contribution in [3.8, 4) is 0 Å². The summed E-state index contributed by atoms with van der Waals surface area (Å²) in [6, 6.07) is 10.1. The first kappa shape index (κ1) is 17.7. The SMILES string of the molecule is CCCC/C=C/[C@H]1[C@H](C)[C@@H](c2ccccc2)C[C@]1(O)C(=O)OC. The molecule has 1 aromatic carbocycles. The molecule has 3 heteroatoms. The Balaban J connectivity index is 2.28. The van der Waals surface area contributed by atoms with E-state index in [1.807, 2.05) is 24.3 Å². The first-order chi connectivity index (χ1) is 11.0. The minimum absolute atomic E-state index is 0.154. The Kier molecular flexibility index (Phi) is 6.00. The summed E-state index contributed by atoms with van der Waals surface area (Å²) >= 11 is 0. The minimum atomic E-state index is -1.43. The molecule has 3 nitrogen and oxygen atoms in total. The first-order valence-electron chi connectivity index (χ1n) is 8.57. The number of ether oxygens (including phenoxy) is 1. The van der Waals surface area contributed by atoms with Crippen molar-refractivity contribution >= 4 is 5.97 Å². The minimum Gasteiger partial charge on any atom is -0.467 e. The van der Waals surface area contributed by atoms with Gasteiger partial charge in [0.25, 0.3) is 0 Å². The molecule has 1 aromatic rings. The standard InChI is InChI=1S/C20H28O3/c1-4-5-6-10-13-18-15(2)17(16-11-8-7-9-12-16)14-20(18,22)19(21)23-3/h7-13,15,17-18,22H,4-6,14H2,1-3H3/b13-10+/t15-,17+,18+,20-/m1/s1. The lowest BCUT2D eigenvalue weighted by Crippen LogP contribution is -2.43. The molecular formula is C20H28O3. The van der Waals surface area contributed by atoms with Gasteiger partial charge in [0.2, 0.25) is 0 Å². The highest BCUT2D eigenvalue weighted by Crippen LogP contribution is 2.50. The fourth-order valence-electron chi connectivity index (χ4n) is 3.76. The average molecular weight is 316 g/mol. The molecule has 0 heterocycles. The third-order valence-electron chi connectivity index (χ3n) is 5.12. The number of benzene rings is 1. The van der Waals surface area contributed by atoms with E-state index in [9.17, 15) is 9.90 Å². The van der Waals surface area contributed by atoms with Gasteiger partial charge in [0.15, 0.2) is 5.60 Å². The van der Waals surface area contributed by atoms with E-state index in [1.165, 1.54) is 12.7 Å². The predicted octanol–water partition coefficient (Wildman–Crippen LogP) is 4.08. The highest BCUT2D eigenvalue weighted by atomic mass is 16.5. The summed E-state index contributed by atoms with van der Waals surface area (Å²) in [5.74, 6) is -0.398. The maximum absolute atomic E-state index is 12.3. The fraction of sp³-hybridized carbons (Fsp3) is 0.550. The summed E-state index contributed by atoms with van der Waals surface area (Å²) < 4.78 is 4.90. The number of aliphatic hydroxyl groups is 1. The second-order valence-electron chi connectivity index (χ2n) is 6.59. The lowest BCUT2D eigenvalue weighted by molar-refractivity contribution is -0.165. The molecule has 0 amide bonds. The van der Waals surface area contributed by atoms with Crippen molar-refractivity contribution in [1.82, 2.24) is 0 Å². The van der Waals surface area contributed by atoms with Gasteiger partial charge in [-0.3, -0.25) is 0 Å². The van der Waals surface area contributed by atoms with Gasteiger partial charge in [0.1, 0.15) is 0 Å². The van der Waals surface area contributed by atoms with Gasteiger partial charge in [-0.05, 0) is 30.2 Å². The van der Waals surface area contributed by atoms with Crippen molar-refractivity contribution in [2.24, 2.45) is 11.8 Å². The van der Waals surface area contributed by atoms with E-state index >= 15 is 0 Å². The molecule has 0 aliphatic heterocycles. The molecule has 1 aliphatic rings. The molecule has 1 N–H and O–H groups in total. The van der Waals surface area contributed by atoms with Crippen LogP contribution in [0.3, 0.4) is 0 Å². The van der Waals surface area contributed by atoms with Crippen LogP contribution in [0.15, 0.2) is 42.5 Å². The van der Waals surface area contributed by atoms with Crippen LogP contribution in [-0.4, -0.2) is 23.8 Å². The average Bonchev–Trinajstić information content (AvgIpc) is 2.84. The maximum atomic E-state index is 12.3. The zero-order valence-electron chi connectivity index (χ0n) is 14.4. The third kappa shape index (κ3) is 3.66. The fourth-order valence-corrected chi connectivity index (χ4v) is 3.76. The number of carbonyl (C=O) groups is 1. The number of allylic oxidation sites excluding steroid dienone is 1. The molecule has 0 bridgehead atoms. The van der Waals surface area contributed by atoms with E-state index in [1.54, 1.807) is 0 Å². The zero-order chi connectivity index (χ0) is 16.9. The third-order valence-corrected chi connectivity index (χ3v) is 5.12. The molecule has 0 unspecified atom stereocenters. The van der Waals surface area contributed by atoms with Crippen LogP contribution in [0.1, 0.15) is 51.0 Å². The van der Waals surface area contributed by atoms with Crippen molar-refractivity contribution in [3.05, 3.63) is 48.0 Å². The second kappa shape index (κ2) is 7.78. The summed E-state index contributed by atoms with van der Waals surface area (Å²) in [6.45, 7) is 4.27. The van der Waals surface area contributed by atoms with Crippen LogP contribution in [0, 0.1) is 11.8 Å². The molecule has 0 radical (unpaired) electrons. The molecule has 1 saturated carbocycles. The smallest absolute Gasteiger partial charge is 0.338 e. The molecule has 23 heavy (non-hydrogen) atoms. The molecule has 1 fully saturated rings. The summed E-state index contributed by atoms with van der Waals surface area (Å²) in [4.78, 5) is 12.3. The van der Waals surface area contributed by atoms with Gasteiger partial charge in [-0.2, -0.15) is 0 Å². The van der Waals surface area contributed by atoms with Gasteiger partial charge in [-0.15, -0.1) is 0 Å². The molecule has 4 atom stereocenters. The first-order valence-corrected chi connectivity index (χ1v) is 8.57. The Morgan fingerprint density at radius 1 is 1.39 bits per heavy atom. The normalized spacial score (nSPS) is 30.7. The molecule has 0 aromatic heterocycles. The quantitative estimate of drug-likeness (QED) is 0.489. The molecule has 0 spiro atoms. The van der Waals surface area contributed by atoms with E-state index in [-0.39, 0.29) is 17.8 Å². The number of hydrogen-bond acceptors (Lipinski definition) is 3. The zero-order valence-corrected chi connectivity index (χ0v) is 14.4. The second-order valence-corrected chi connectivity index (χ2v) is 6.59. The van der Waals surface area contributed by atoms with E-state index in [2.05, 4.69) is 32.1 Å². The van der Waals surface area contributed by atoms with Crippen molar-refractivity contribution < 1.29 is 14.6 Å². The summed E-state index contributed by atoms with van der Waals surface area (Å²) in [6.07, 6.45) is 7.78. The van der Waals surface area contributed by atoms with Crippen LogP contribution in [0.2, 0.25) is 0 Å². The number of methoxy groups -OCH3 is 1. The highest BCUT2D eigenvalue weighted by Gasteiger charge is 2.55. The number of hydrogen-bond donors (Lipinski definition) is 1. The van der Waals surface area contributed by atoms with Crippen LogP contribution >= 0.6 is 0 Å². The largest absolute Gasteiger partial charge is 0.467 e. The number of carbonyl (C=O) groups excluding carboxylic acids is 1. The van der Waals surface area contributed by atoms with Gasteiger partial charge in [-0.25, -0.2) is 4.79 Å². The summed E-state index contributed by atoms with van der Waals surface area (Å²) in [5.41, 5.74) is -0.260. The van der Waals surface area contributed by atoms with Crippen molar-refractivity contribution in [3.63, 3.8) is 0 Å². The van der Waals surface area contributed by atoms with Gasteiger partial charge in [-0.1, -0.05) is 69.2 Å². The van der Waals surface area contributed by atoms with Crippen LogP contribution in [0.5, 0.6) is 0 Å². The molecule has 2 rings (SSSR count). The Bertz CT molecular complexity index is 537. The van der Waals surface area contributed by atoms with Gasteiger partial charge < -0.3 is 9.84 Å². The predicted molar refractivity (Wildman–Crippen MR) is 92.1 cm³/mol. The van der Waals surface area contributed by atoms with Crippen LogP contribution in [0.25, 0.3) is 0 Å². The van der Waals surface area contributed by atoms with E-state index in [4.69, 9.17) is 4.74 Å². The Morgan fingerprint density at radius 3 is 2.70 bits per heavy atom. The van der Waals surface area contributed by atoms with Gasteiger partial charge in [0, 0.05) is 5.92 Å². The van der Waals surface area contributed by atoms with Gasteiger partial charge >= 0.3 is 5.97 Å². The van der Waals surface area contributed by atoms with Crippen molar-refractivity contribution in [2.75, 3.05) is 7.11 Å². The molecule has 0 saturated heterocycles.